The van der Waals surface area contributed by atoms with E-state index in [0.717, 1.165) is 29.9 Å². The van der Waals surface area contributed by atoms with E-state index < -0.39 is 0 Å². The smallest absolute Gasteiger partial charge is 0.305 e. The number of rotatable bonds is 4. The number of allylic oxidation sites excluding steroid dienone is 2. The standard InChI is InChI=1S/C10H13NO2S/c1-3-5-7-9(8(12)6-4-2)14-10(13)11-7/h4,6H,3,5H2,1-2H3,(H,11,13). The molecule has 1 N–H and O–H groups in total. The van der Waals surface area contributed by atoms with Gasteiger partial charge in [-0.25, -0.2) is 0 Å². The van der Waals surface area contributed by atoms with Crippen LogP contribution in [-0.4, -0.2) is 10.8 Å². The van der Waals surface area contributed by atoms with Crippen LogP contribution in [0.4, 0.5) is 0 Å². The quantitative estimate of drug-likeness (QED) is 0.612. The molecule has 4 heteroatoms. The molecule has 0 fully saturated rings. The molecule has 0 aliphatic heterocycles. The first kappa shape index (κ1) is 10.9. The first-order valence-corrected chi connectivity index (χ1v) is 5.39. The molecule has 0 aliphatic rings. The highest BCUT2D eigenvalue weighted by atomic mass is 32.1. The van der Waals surface area contributed by atoms with Crippen molar-refractivity contribution in [3.8, 4) is 0 Å². The highest BCUT2D eigenvalue weighted by Gasteiger charge is 2.12. The fraction of sp³-hybridized carbons (Fsp3) is 0.400. The van der Waals surface area contributed by atoms with Crippen molar-refractivity contribution in [1.29, 1.82) is 0 Å². The third kappa shape index (κ3) is 2.42. The molecule has 0 spiro atoms. The van der Waals surface area contributed by atoms with Gasteiger partial charge in [0.05, 0.1) is 4.88 Å². The Kier molecular flexibility index (Phi) is 3.83. The average molecular weight is 211 g/mol. The normalized spacial score (nSPS) is 11.0. The van der Waals surface area contributed by atoms with Crippen molar-refractivity contribution in [1.82, 2.24) is 4.98 Å². The van der Waals surface area contributed by atoms with Crippen molar-refractivity contribution in [2.75, 3.05) is 0 Å². The summed E-state index contributed by atoms with van der Waals surface area (Å²) in [7, 11) is 0. The number of aromatic amines is 1. The predicted octanol–water partition coefficient (Wildman–Crippen LogP) is 2.15. The summed E-state index contributed by atoms with van der Waals surface area (Å²) < 4.78 is 0. The molecule has 1 rings (SSSR count). The predicted molar refractivity (Wildman–Crippen MR) is 58.1 cm³/mol. The van der Waals surface area contributed by atoms with E-state index in [1.54, 1.807) is 13.0 Å². The third-order valence-electron chi connectivity index (χ3n) is 1.76. The van der Waals surface area contributed by atoms with Crippen molar-refractivity contribution in [3.63, 3.8) is 0 Å². The molecular weight excluding hydrogens is 198 g/mol. The number of nitrogens with one attached hydrogen (secondary N) is 1. The van der Waals surface area contributed by atoms with E-state index in [0.29, 0.717) is 4.88 Å². The highest BCUT2D eigenvalue weighted by Crippen LogP contribution is 2.12. The lowest BCUT2D eigenvalue weighted by atomic mass is 10.2. The Hall–Kier alpha value is -1.16. The minimum Gasteiger partial charge on any atom is -0.316 e. The number of H-pyrrole nitrogens is 1. The van der Waals surface area contributed by atoms with Gasteiger partial charge < -0.3 is 4.98 Å². The van der Waals surface area contributed by atoms with Gasteiger partial charge in [0.15, 0.2) is 5.78 Å². The monoisotopic (exact) mass is 211 g/mol. The summed E-state index contributed by atoms with van der Waals surface area (Å²) >= 11 is 0.990. The van der Waals surface area contributed by atoms with Crippen LogP contribution < -0.4 is 4.87 Å². The van der Waals surface area contributed by atoms with E-state index in [1.807, 2.05) is 6.92 Å². The zero-order valence-electron chi connectivity index (χ0n) is 8.29. The molecule has 0 amide bonds. The van der Waals surface area contributed by atoms with Crippen LogP contribution in [0, 0.1) is 0 Å². The molecule has 76 valence electrons. The van der Waals surface area contributed by atoms with Crippen LogP contribution in [-0.2, 0) is 6.42 Å². The maximum atomic E-state index is 11.5. The number of hydrogen-bond donors (Lipinski definition) is 1. The Balaban J connectivity index is 3.06. The Morgan fingerprint density at radius 3 is 2.86 bits per heavy atom. The largest absolute Gasteiger partial charge is 0.316 e. The van der Waals surface area contributed by atoms with Gasteiger partial charge in [-0.2, -0.15) is 0 Å². The van der Waals surface area contributed by atoms with Gasteiger partial charge in [-0.15, -0.1) is 0 Å². The first-order chi connectivity index (χ1) is 6.69. The fourth-order valence-electron chi connectivity index (χ4n) is 1.21. The summed E-state index contributed by atoms with van der Waals surface area (Å²) in [4.78, 5) is 25.7. The lowest BCUT2D eigenvalue weighted by Crippen LogP contribution is -1.98. The molecule has 0 radical (unpaired) electrons. The molecule has 0 atom stereocenters. The second-order valence-electron chi connectivity index (χ2n) is 2.94. The van der Waals surface area contributed by atoms with Crippen LogP contribution in [0.15, 0.2) is 16.9 Å². The first-order valence-electron chi connectivity index (χ1n) is 4.58. The SMILES string of the molecule is CC=CC(=O)c1sc(=O)[nH]c1CCC. The zero-order chi connectivity index (χ0) is 10.6. The molecule has 0 aromatic carbocycles. The average Bonchev–Trinajstić information content (AvgIpc) is 2.48. The topological polar surface area (TPSA) is 49.9 Å². The minimum absolute atomic E-state index is 0.0840. The van der Waals surface area contributed by atoms with Gasteiger partial charge >= 0.3 is 4.87 Å². The van der Waals surface area contributed by atoms with Crippen LogP contribution >= 0.6 is 11.3 Å². The van der Waals surface area contributed by atoms with Crippen LogP contribution in [0.5, 0.6) is 0 Å². The fourth-order valence-corrected chi connectivity index (χ4v) is 2.02. The van der Waals surface area contributed by atoms with Crippen LogP contribution in [0.1, 0.15) is 35.6 Å². The number of aromatic nitrogens is 1. The number of ketones is 1. The van der Waals surface area contributed by atoms with Crippen molar-refractivity contribution in [3.05, 3.63) is 32.4 Å². The number of thiazole rings is 1. The van der Waals surface area contributed by atoms with Gasteiger partial charge in [0.2, 0.25) is 0 Å². The lowest BCUT2D eigenvalue weighted by Gasteiger charge is -1.95. The number of carbonyl (C=O) groups is 1. The summed E-state index contributed by atoms with van der Waals surface area (Å²) in [5.74, 6) is -0.0840. The molecular formula is C10H13NO2S. The summed E-state index contributed by atoms with van der Waals surface area (Å²) in [6.45, 7) is 3.80. The van der Waals surface area contributed by atoms with Gasteiger partial charge in [-0.1, -0.05) is 30.8 Å². The minimum atomic E-state index is -0.152. The maximum Gasteiger partial charge on any atom is 0.305 e. The third-order valence-corrected chi connectivity index (χ3v) is 2.70. The molecule has 3 nitrogen and oxygen atoms in total. The molecule has 0 bridgehead atoms. The summed E-state index contributed by atoms with van der Waals surface area (Å²) in [6, 6.07) is 0. The van der Waals surface area contributed by atoms with Crippen molar-refractivity contribution >= 4 is 17.1 Å². The lowest BCUT2D eigenvalue weighted by molar-refractivity contribution is 0.104. The van der Waals surface area contributed by atoms with Gasteiger partial charge in [0.25, 0.3) is 0 Å². The molecule has 1 heterocycles. The molecule has 0 saturated carbocycles. The molecule has 1 aromatic rings. The zero-order valence-corrected chi connectivity index (χ0v) is 9.11. The Labute approximate surface area is 86.5 Å². The van der Waals surface area contributed by atoms with Crippen LogP contribution in [0.3, 0.4) is 0 Å². The summed E-state index contributed by atoms with van der Waals surface area (Å²) in [6.07, 6.45) is 4.83. The van der Waals surface area contributed by atoms with Crippen molar-refractivity contribution in [2.24, 2.45) is 0 Å². The van der Waals surface area contributed by atoms with Crippen molar-refractivity contribution < 1.29 is 4.79 Å². The molecule has 0 aliphatic carbocycles. The second-order valence-corrected chi connectivity index (χ2v) is 3.92. The number of carbonyl (C=O) groups excluding carboxylic acids is 1. The summed E-state index contributed by atoms with van der Waals surface area (Å²) in [5, 5.41) is 0. The molecule has 0 unspecified atom stereocenters. The van der Waals surface area contributed by atoms with Gasteiger partial charge in [-0.05, 0) is 19.4 Å². The van der Waals surface area contributed by atoms with Crippen LogP contribution in [0.25, 0.3) is 0 Å². The van der Waals surface area contributed by atoms with Crippen LogP contribution in [0.2, 0.25) is 0 Å². The van der Waals surface area contributed by atoms with E-state index in [4.69, 9.17) is 0 Å². The van der Waals surface area contributed by atoms with Crippen molar-refractivity contribution in [2.45, 2.75) is 26.7 Å². The van der Waals surface area contributed by atoms with E-state index in [1.165, 1.54) is 6.08 Å². The molecule has 1 aromatic heterocycles. The highest BCUT2D eigenvalue weighted by molar-refractivity contribution is 7.11. The van der Waals surface area contributed by atoms with Gasteiger partial charge in [0, 0.05) is 5.69 Å². The molecule has 14 heavy (non-hydrogen) atoms. The number of aryl methyl sites for hydroxylation is 1. The number of hydrogen-bond acceptors (Lipinski definition) is 3. The van der Waals surface area contributed by atoms with E-state index >= 15 is 0 Å². The summed E-state index contributed by atoms with van der Waals surface area (Å²) in [5.41, 5.74) is 0.769. The van der Waals surface area contributed by atoms with E-state index in [-0.39, 0.29) is 10.7 Å². The Morgan fingerprint density at radius 1 is 1.57 bits per heavy atom. The van der Waals surface area contributed by atoms with Gasteiger partial charge in [-0.3, -0.25) is 9.59 Å². The van der Waals surface area contributed by atoms with Gasteiger partial charge in [0.1, 0.15) is 0 Å². The Morgan fingerprint density at radius 2 is 2.29 bits per heavy atom. The van der Waals surface area contributed by atoms with E-state index in [2.05, 4.69) is 4.98 Å². The Bertz CT molecular complexity index is 400. The maximum absolute atomic E-state index is 11.5. The second kappa shape index (κ2) is 4.91. The molecule has 0 saturated heterocycles. The van der Waals surface area contributed by atoms with E-state index in [9.17, 15) is 9.59 Å².